The number of nitrogens with zero attached hydrogens (tertiary/aromatic N) is 8. The van der Waals surface area contributed by atoms with Crippen LogP contribution in [0.1, 0.15) is 12.8 Å². The van der Waals surface area contributed by atoms with Crippen LogP contribution in [0.25, 0.3) is 28.2 Å². The summed E-state index contributed by atoms with van der Waals surface area (Å²) in [4.78, 5) is 18.2. The van der Waals surface area contributed by atoms with E-state index in [0.717, 1.165) is 36.3 Å². The van der Waals surface area contributed by atoms with Crippen molar-refractivity contribution in [2.45, 2.75) is 18.9 Å². The number of aromatic nitrogens is 7. The Morgan fingerprint density at radius 2 is 2.15 bits per heavy atom. The fourth-order valence-electron chi connectivity index (χ4n) is 4.06. The standard InChI is InChI=1S/C22H24N10O/c1-3-20(33)26-16-5-4-8-31(13-16)19-7-6-18-27-28-22(32(18)29-19)17-9-14(10-24-21(17)23)15-11-25-30(2)12-15/h3,6-7,9-12,16H,1,4-5,8,13H2,2H3,(H2,23,24)(H,26,33)/t16-/m1/s1. The van der Waals surface area contributed by atoms with Crippen molar-refractivity contribution in [2.24, 2.45) is 7.05 Å². The zero-order valence-corrected chi connectivity index (χ0v) is 18.2. The molecule has 1 aliphatic heterocycles. The minimum atomic E-state index is -0.164. The van der Waals surface area contributed by atoms with Gasteiger partial charge in [0.2, 0.25) is 5.91 Å². The molecule has 1 saturated heterocycles. The second-order valence-corrected chi connectivity index (χ2v) is 8.04. The van der Waals surface area contributed by atoms with Crippen molar-refractivity contribution in [2.75, 3.05) is 23.7 Å². The number of aryl methyl sites for hydroxylation is 1. The van der Waals surface area contributed by atoms with E-state index >= 15 is 0 Å². The van der Waals surface area contributed by atoms with Gasteiger partial charge in [0.25, 0.3) is 0 Å². The first-order chi connectivity index (χ1) is 16.0. The van der Waals surface area contributed by atoms with Gasteiger partial charge < -0.3 is 16.0 Å². The van der Waals surface area contributed by atoms with Crippen LogP contribution in [0.5, 0.6) is 0 Å². The number of piperidine rings is 1. The lowest BCUT2D eigenvalue weighted by molar-refractivity contribution is -0.117. The number of amides is 1. The van der Waals surface area contributed by atoms with E-state index in [4.69, 9.17) is 10.8 Å². The molecule has 0 saturated carbocycles. The van der Waals surface area contributed by atoms with Gasteiger partial charge in [-0.15, -0.1) is 15.3 Å². The van der Waals surface area contributed by atoms with Gasteiger partial charge in [-0.3, -0.25) is 9.48 Å². The molecule has 5 rings (SSSR count). The largest absolute Gasteiger partial charge is 0.383 e. The average Bonchev–Trinajstić information content (AvgIpc) is 3.45. The number of nitrogens with one attached hydrogen (secondary N) is 1. The summed E-state index contributed by atoms with van der Waals surface area (Å²) < 4.78 is 3.41. The molecule has 0 aromatic carbocycles. The molecule has 1 atom stereocenters. The van der Waals surface area contributed by atoms with Crippen molar-refractivity contribution in [1.29, 1.82) is 0 Å². The fourth-order valence-corrected chi connectivity index (χ4v) is 4.06. The average molecular weight is 445 g/mol. The Labute approximate surface area is 189 Å². The monoisotopic (exact) mass is 444 g/mol. The number of rotatable bonds is 5. The Kier molecular flexibility index (Phi) is 5.21. The molecule has 3 N–H and O–H groups in total. The molecule has 33 heavy (non-hydrogen) atoms. The highest BCUT2D eigenvalue weighted by Gasteiger charge is 2.23. The van der Waals surface area contributed by atoms with Gasteiger partial charge in [-0.1, -0.05) is 6.58 Å². The summed E-state index contributed by atoms with van der Waals surface area (Å²) in [6.07, 6.45) is 8.55. The van der Waals surface area contributed by atoms with Crippen LogP contribution in [0.4, 0.5) is 11.6 Å². The molecule has 11 nitrogen and oxygen atoms in total. The van der Waals surface area contributed by atoms with Crippen LogP contribution >= 0.6 is 0 Å². The third kappa shape index (κ3) is 4.00. The third-order valence-electron chi connectivity index (χ3n) is 5.72. The Balaban J connectivity index is 1.49. The van der Waals surface area contributed by atoms with Gasteiger partial charge in [0.1, 0.15) is 11.6 Å². The summed E-state index contributed by atoms with van der Waals surface area (Å²) in [5, 5.41) is 20.6. The normalized spacial score (nSPS) is 16.2. The molecule has 1 fully saturated rings. The van der Waals surface area contributed by atoms with Crippen molar-refractivity contribution >= 4 is 23.2 Å². The smallest absolute Gasteiger partial charge is 0.243 e. The minimum absolute atomic E-state index is 0.0399. The van der Waals surface area contributed by atoms with E-state index in [2.05, 4.69) is 37.1 Å². The summed E-state index contributed by atoms with van der Waals surface area (Å²) in [5.41, 5.74) is 9.26. The van der Waals surface area contributed by atoms with Crippen molar-refractivity contribution < 1.29 is 4.79 Å². The molecule has 4 aromatic rings. The Hall–Kier alpha value is -4.28. The van der Waals surface area contributed by atoms with Gasteiger partial charge in [-0.25, -0.2) is 4.98 Å². The van der Waals surface area contributed by atoms with Crippen LogP contribution in [0.3, 0.4) is 0 Å². The summed E-state index contributed by atoms with van der Waals surface area (Å²) in [6, 6.07) is 5.75. The van der Waals surface area contributed by atoms with Gasteiger partial charge in [-0.2, -0.15) is 9.61 Å². The topological polar surface area (TPSA) is 132 Å². The van der Waals surface area contributed by atoms with E-state index in [-0.39, 0.29) is 11.9 Å². The molecule has 11 heteroatoms. The second kappa shape index (κ2) is 8.34. The lowest BCUT2D eigenvalue weighted by Crippen LogP contribution is -2.47. The number of hydrogen-bond donors (Lipinski definition) is 2. The molecule has 0 unspecified atom stereocenters. The van der Waals surface area contributed by atoms with E-state index in [9.17, 15) is 4.79 Å². The molecule has 0 spiro atoms. The molecular weight excluding hydrogens is 420 g/mol. The number of nitrogens with two attached hydrogens (primary N) is 1. The Morgan fingerprint density at radius 3 is 2.94 bits per heavy atom. The molecule has 4 aromatic heterocycles. The third-order valence-corrected chi connectivity index (χ3v) is 5.72. The number of anilines is 2. The number of pyridine rings is 1. The number of carbonyl (C=O) groups is 1. The Bertz CT molecular complexity index is 1340. The summed E-state index contributed by atoms with van der Waals surface area (Å²) in [6.45, 7) is 5.03. The van der Waals surface area contributed by atoms with Crippen molar-refractivity contribution in [3.8, 4) is 22.5 Å². The Morgan fingerprint density at radius 1 is 1.27 bits per heavy atom. The summed E-state index contributed by atoms with van der Waals surface area (Å²) >= 11 is 0. The minimum Gasteiger partial charge on any atom is -0.383 e. The maximum Gasteiger partial charge on any atom is 0.243 e. The maximum absolute atomic E-state index is 11.7. The van der Waals surface area contributed by atoms with Gasteiger partial charge in [-0.05, 0) is 37.1 Å². The quantitative estimate of drug-likeness (QED) is 0.442. The second-order valence-electron chi connectivity index (χ2n) is 8.04. The fraction of sp³-hybridized carbons (Fsp3) is 0.273. The molecule has 1 aliphatic rings. The molecule has 0 bridgehead atoms. The SMILES string of the molecule is C=CC(=O)N[C@@H]1CCCN(c2ccc3nnc(-c4cc(-c5cnn(C)c5)cnc4N)n3n2)C1. The summed E-state index contributed by atoms with van der Waals surface area (Å²) in [7, 11) is 1.86. The first kappa shape index (κ1) is 20.6. The predicted molar refractivity (Wildman–Crippen MR) is 124 cm³/mol. The van der Waals surface area contributed by atoms with Gasteiger partial charge in [0, 0.05) is 49.7 Å². The summed E-state index contributed by atoms with van der Waals surface area (Å²) in [5.74, 6) is 1.46. The molecule has 1 amide bonds. The maximum atomic E-state index is 11.7. The molecule has 0 aliphatic carbocycles. The van der Waals surface area contributed by atoms with E-state index in [1.165, 1.54) is 6.08 Å². The zero-order valence-electron chi connectivity index (χ0n) is 18.2. The number of carbonyl (C=O) groups excluding carboxylic acids is 1. The molecular formula is C22H24N10O. The van der Waals surface area contributed by atoms with Crippen LogP contribution < -0.4 is 16.0 Å². The number of fused-ring (bicyclic) bond motifs is 1. The van der Waals surface area contributed by atoms with E-state index < -0.39 is 0 Å². The van der Waals surface area contributed by atoms with Crippen LogP contribution in [0.2, 0.25) is 0 Å². The van der Waals surface area contributed by atoms with Crippen molar-refractivity contribution in [3.05, 3.63) is 49.4 Å². The highest BCUT2D eigenvalue weighted by Crippen LogP contribution is 2.29. The highest BCUT2D eigenvalue weighted by atomic mass is 16.1. The van der Waals surface area contributed by atoms with Gasteiger partial charge >= 0.3 is 0 Å². The lowest BCUT2D eigenvalue weighted by Gasteiger charge is -2.33. The molecule has 0 radical (unpaired) electrons. The van der Waals surface area contributed by atoms with Gasteiger partial charge in [0.15, 0.2) is 11.5 Å². The predicted octanol–water partition coefficient (Wildman–Crippen LogP) is 1.44. The van der Waals surface area contributed by atoms with Crippen LogP contribution in [0.15, 0.2) is 49.4 Å². The van der Waals surface area contributed by atoms with E-state index in [1.807, 2.05) is 31.4 Å². The lowest BCUT2D eigenvalue weighted by atomic mass is 10.1. The first-order valence-electron chi connectivity index (χ1n) is 10.7. The number of nitrogen functional groups attached to an aromatic ring is 1. The van der Waals surface area contributed by atoms with Crippen LogP contribution in [-0.2, 0) is 11.8 Å². The van der Waals surface area contributed by atoms with Crippen LogP contribution in [-0.4, -0.2) is 59.6 Å². The van der Waals surface area contributed by atoms with Crippen molar-refractivity contribution in [1.82, 2.24) is 39.9 Å². The van der Waals surface area contributed by atoms with Gasteiger partial charge in [0.05, 0.1) is 11.8 Å². The highest BCUT2D eigenvalue weighted by molar-refractivity contribution is 5.87. The zero-order chi connectivity index (χ0) is 22.9. The first-order valence-corrected chi connectivity index (χ1v) is 10.7. The van der Waals surface area contributed by atoms with Crippen molar-refractivity contribution in [3.63, 3.8) is 0 Å². The number of hydrogen-bond acceptors (Lipinski definition) is 8. The molecule has 168 valence electrons. The molecule has 5 heterocycles. The van der Waals surface area contributed by atoms with Crippen LogP contribution in [0, 0.1) is 0 Å². The van der Waals surface area contributed by atoms with E-state index in [1.54, 1.807) is 21.6 Å². The van der Waals surface area contributed by atoms with E-state index in [0.29, 0.717) is 29.4 Å².